The molecule has 4 heteroatoms. The summed E-state index contributed by atoms with van der Waals surface area (Å²) in [7, 11) is 1.38. The normalized spacial score (nSPS) is 32.4. The number of methoxy groups -OCH3 is 1. The number of carbonyl (C=O) groups is 2. The van der Waals surface area contributed by atoms with E-state index in [-0.39, 0.29) is 23.6 Å². The molecular formula is C15H14O3S. The fourth-order valence-corrected chi connectivity index (χ4v) is 4.03. The molecule has 1 aromatic heterocycles. The molecule has 2 aliphatic carbocycles. The first-order valence-electron chi connectivity index (χ1n) is 6.21. The molecule has 2 aliphatic rings. The van der Waals surface area contributed by atoms with Crippen LogP contribution in [0.25, 0.3) is 0 Å². The van der Waals surface area contributed by atoms with Crippen LogP contribution in [0.5, 0.6) is 0 Å². The van der Waals surface area contributed by atoms with Gasteiger partial charge >= 0.3 is 5.97 Å². The number of ether oxygens (including phenoxy) is 1. The summed E-state index contributed by atoms with van der Waals surface area (Å²) in [4.78, 5) is 25.5. The quantitative estimate of drug-likeness (QED) is 0.615. The zero-order chi connectivity index (χ0) is 13.5. The molecule has 0 unspecified atom stereocenters. The summed E-state index contributed by atoms with van der Waals surface area (Å²) >= 11 is 1.60. The molecule has 1 aromatic rings. The van der Waals surface area contributed by atoms with E-state index in [1.54, 1.807) is 17.4 Å². The van der Waals surface area contributed by atoms with Gasteiger partial charge in [0.25, 0.3) is 0 Å². The molecule has 0 fully saturated rings. The maximum absolute atomic E-state index is 12.4. The van der Waals surface area contributed by atoms with E-state index in [2.05, 4.69) is 0 Å². The molecule has 3 nitrogen and oxygen atoms in total. The van der Waals surface area contributed by atoms with Crippen molar-refractivity contribution in [1.29, 1.82) is 0 Å². The molecule has 0 bridgehead atoms. The summed E-state index contributed by atoms with van der Waals surface area (Å²) in [6.45, 7) is 0. The molecule has 0 N–H and O–H groups in total. The van der Waals surface area contributed by atoms with Crippen LogP contribution in [0.2, 0.25) is 0 Å². The van der Waals surface area contributed by atoms with Gasteiger partial charge in [-0.05, 0) is 23.9 Å². The highest BCUT2D eigenvalue weighted by atomic mass is 32.1. The van der Waals surface area contributed by atoms with Crippen molar-refractivity contribution >= 4 is 23.1 Å². The Labute approximate surface area is 115 Å². The second-order valence-electron chi connectivity index (χ2n) is 4.87. The highest BCUT2D eigenvalue weighted by Gasteiger charge is 2.56. The SMILES string of the molecule is COC(=O)[C@]12C=CC(=O)[C@H]1CC=C[C@H]2c1cccs1. The third-order valence-corrected chi connectivity index (χ3v) is 5.00. The predicted molar refractivity (Wildman–Crippen MR) is 72.9 cm³/mol. The monoisotopic (exact) mass is 274 g/mol. The van der Waals surface area contributed by atoms with Crippen molar-refractivity contribution < 1.29 is 14.3 Å². The Morgan fingerprint density at radius 3 is 3.05 bits per heavy atom. The van der Waals surface area contributed by atoms with Gasteiger partial charge in [0.15, 0.2) is 5.78 Å². The van der Waals surface area contributed by atoms with Crippen molar-refractivity contribution in [3.05, 3.63) is 46.7 Å². The van der Waals surface area contributed by atoms with Crippen molar-refractivity contribution in [2.24, 2.45) is 11.3 Å². The van der Waals surface area contributed by atoms with E-state index in [9.17, 15) is 9.59 Å². The molecule has 0 radical (unpaired) electrons. The lowest BCUT2D eigenvalue weighted by Crippen LogP contribution is -2.43. The Kier molecular flexibility index (Phi) is 2.90. The van der Waals surface area contributed by atoms with Crippen molar-refractivity contribution in [3.8, 4) is 0 Å². The number of esters is 1. The van der Waals surface area contributed by atoms with E-state index in [1.165, 1.54) is 13.2 Å². The largest absolute Gasteiger partial charge is 0.468 e. The Balaban J connectivity index is 2.15. The summed E-state index contributed by atoms with van der Waals surface area (Å²) in [5.41, 5.74) is -0.856. The Morgan fingerprint density at radius 2 is 2.37 bits per heavy atom. The summed E-state index contributed by atoms with van der Waals surface area (Å²) in [5.74, 6) is -0.725. The van der Waals surface area contributed by atoms with E-state index in [1.807, 2.05) is 29.7 Å². The van der Waals surface area contributed by atoms with Gasteiger partial charge in [0.1, 0.15) is 5.41 Å². The molecule has 3 rings (SSSR count). The van der Waals surface area contributed by atoms with E-state index in [0.29, 0.717) is 6.42 Å². The van der Waals surface area contributed by atoms with Crippen LogP contribution in [0, 0.1) is 11.3 Å². The highest BCUT2D eigenvalue weighted by molar-refractivity contribution is 7.10. The number of ketones is 1. The zero-order valence-corrected chi connectivity index (χ0v) is 11.4. The Morgan fingerprint density at radius 1 is 1.53 bits per heavy atom. The number of thiophene rings is 1. The lowest BCUT2D eigenvalue weighted by atomic mass is 9.64. The van der Waals surface area contributed by atoms with Gasteiger partial charge in [-0.1, -0.05) is 24.3 Å². The standard InChI is InChI=1S/C15H14O3S/c1-18-14(17)15-8-7-12(16)10(15)4-2-5-11(15)13-6-3-9-19-13/h2-3,5-11H,4H2,1H3/t10-,11+,15-/m1/s1. The van der Waals surface area contributed by atoms with E-state index < -0.39 is 5.41 Å². The Bertz CT molecular complexity index is 570. The van der Waals surface area contributed by atoms with E-state index in [4.69, 9.17) is 4.74 Å². The van der Waals surface area contributed by atoms with Crippen LogP contribution in [-0.2, 0) is 14.3 Å². The van der Waals surface area contributed by atoms with Crippen LogP contribution in [0.15, 0.2) is 41.8 Å². The highest BCUT2D eigenvalue weighted by Crippen LogP contribution is 2.53. The maximum Gasteiger partial charge on any atom is 0.317 e. The summed E-state index contributed by atoms with van der Waals surface area (Å²) < 4.78 is 5.00. The number of allylic oxidation sites excluding steroid dienone is 3. The van der Waals surface area contributed by atoms with Crippen molar-refractivity contribution in [2.45, 2.75) is 12.3 Å². The maximum atomic E-state index is 12.4. The second kappa shape index (κ2) is 4.46. The third-order valence-electron chi connectivity index (χ3n) is 4.05. The third kappa shape index (κ3) is 1.63. The molecule has 0 spiro atoms. The topological polar surface area (TPSA) is 43.4 Å². The van der Waals surface area contributed by atoms with Crippen molar-refractivity contribution in [3.63, 3.8) is 0 Å². The number of rotatable bonds is 2. The second-order valence-corrected chi connectivity index (χ2v) is 5.85. The van der Waals surface area contributed by atoms with Crippen molar-refractivity contribution in [1.82, 2.24) is 0 Å². The van der Waals surface area contributed by atoms with E-state index in [0.717, 1.165) is 4.88 Å². The molecule has 0 aromatic carbocycles. The molecular weight excluding hydrogens is 260 g/mol. The molecule has 19 heavy (non-hydrogen) atoms. The first kappa shape index (κ1) is 12.4. The average Bonchev–Trinajstić information content (AvgIpc) is 3.07. The average molecular weight is 274 g/mol. The summed E-state index contributed by atoms with van der Waals surface area (Å²) in [5, 5.41) is 1.98. The van der Waals surface area contributed by atoms with Gasteiger partial charge in [0.2, 0.25) is 0 Å². The molecule has 1 heterocycles. The fraction of sp³-hybridized carbons (Fsp3) is 0.333. The van der Waals surface area contributed by atoms with Crippen LogP contribution in [0.4, 0.5) is 0 Å². The summed E-state index contributed by atoms with van der Waals surface area (Å²) in [6, 6.07) is 3.96. The van der Waals surface area contributed by atoms with Crippen molar-refractivity contribution in [2.75, 3.05) is 7.11 Å². The molecule has 98 valence electrons. The van der Waals surface area contributed by atoms with Gasteiger partial charge < -0.3 is 4.74 Å². The molecule has 0 saturated carbocycles. The Hall–Kier alpha value is -1.68. The molecule has 0 aliphatic heterocycles. The van der Waals surface area contributed by atoms with Gasteiger partial charge in [-0.2, -0.15) is 0 Å². The lowest BCUT2D eigenvalue weighted by molar-refractivity contribution is -0.155. The van der Waals surface area contributed by atoms with Crippen LogP contribution >= 0.6 is 11.3 Å². The fourth-order valence-electron chi connectivity index (χ4n) is 3.14. The van der Waals surface area contributed by atoms with Gasteiger partial charge in [-0.3, -0.25) is 9.59 Å². The van der Waals surface area contributed by atoms with Gasteiger partial charge in [0.05, 0.1) is 7.11 Å². The zero-order valence-electron chi connectivity index (χ0n) is 10.5. The van der Waals surface area contributed by atoms with Crippen LogP contribution in [0.1, 0.15) is 17.2 Å². The number of hydrogen-bond acceptors (Lipinski definition) is 4. The molecule has 3 atom stereocenters. The van der Waals surface area contributed by atoms with Gasteiger partial charge in [0, 0.05) is 16.7 Å². The minimum absolute atomic E-state index is 0.0244. The van der Waals surface area contributed by atoms with Crippen LogP contribution < -0.4 is 0 Å². The van der Waals surface area contributed by atoms with E-state index >= 15 is 0 Å². The molecule has 0 amide bonds. The first-order valence-corrected chi connectivity index (χ1v) is 7.09. The number of hydrogen-bond donors (Lipinski definition) is 0. The van der Waals surface area contributed by atoms with Gasteiger partial charge in [-0.25, -0.2) is 0 Å². The minimum atomic E-state index is -0.856. The first-order chi connectivity index (χ1) is 9.20. The van der Waals surface area contributed by atoms with Gasteiger partial charge in [-0.15, -0.1) is 11.3 Å². The van der Waals surface area contributed by atoms with Crippen LogP contribution in [0.3, 0.4) is 0 Å². The number of carbonyl (C=O) groups excluding carboxylic acids is 2. The smallest absolute Gasteiger partial charge is 0.317 e. The number of fused-ring (bicyclic) bond motifs is 1. The van der Waals surface area contributed by atoms with Crippen LogP contribution in [-0.4, -0.2) is 18.9 Å². The molecule has 0 saturated heterocycles. The summed E-state index contributed by atoms with van der Waals surface area (Å²) in [6.07, 6.45) is 7.92. The lowest BCUT2D eigenvalue weighted by Gasteiger charge is -2.38. The minimum Gasteiger partial charge on any atom is -0.468 e. The predicted octanol–water partition coefficient (Wildman–Crippen LogP) is 2.71.